The van der Waals surface area contributed by atoms with Crippen LogP contribution >= 0.6 is 0 Å². The van der Waals surface area contributed by atoms with Crippen LogP contribution in [0.25, 0.3) is 0 Å². The Bertz CT molecular complexity index is 390. The first-order chi connectivity index (χ1) is 8.31. The number of nitrogens with one attached hydrogen (secondary N) is 1. The highest BCUT2D eigenvalue weighted by atomic mass is 16.6. The molecule has 0 bridgehead atoms. The largest absolute Gasteiger partial charge is 0.459 e. The van der Waals surface area contributed by atoms with Crippen LogP contribution in [0.4, 0.5) is 0 Å². The Balaban J connectivity index is 2.67. The van der Waals surface area contributed by atoms with E-state index in [0.717, 1.165) is 5.56 Å². The lowest BCUT2D eigenvalue weighted by atomic mass is 10.0. The SMILES string of the molecule is CN[C@@H](Cc1ccc(C)cc1)C(=O)OC(C)(C)C. The van der Waals surface area contributed by atoms with Gasteiger partial charge in [0.25, 0.3) is 0 Å². The Kier molecular flexibility index (Phi) is 4.91. The average Bonchev–Trinajstić information content (AvgIpc) is 2.25. The van der Waals surface area contributed by atoms with Gasteiger partial charge in [-0.3, -0.25) is 4.79 Å². The quantitative estimate of drug-likeness (QED) is 0.833. The van der Waals surface area contributed by atoms with Gasteiger partial charge in [0.05, 0.1) is 0 Å². The third-order valence-corrected chi connectivity index (χ3v) is 2.60. The third-order valence-electron chi connectivity index (χ3n) is 2.60. The number of likely N-dealkylation sites (N-methyl/N-ethyl adjacent to an activating group) is 1. The first kappa shape index (κ1) is 14.7. The lowest BCUT2D eigenvalue weighted by Crippen LogP contribution is -2.41. The number of carbonyl (C=O) groups excluding carboxylic acids is 1. The van der Waals surface area contributed by atoms with Crippen molar-refractivity contribution in [2.24, 2.45) is 0 Å². The van der Waals surface area contributed by atoms with Gasteiger partial charge >= 0.3 is 5.97 Å². The van der Waals surface area contributed by atoms with E-state index in [-0.39, 0.29) is 12.0 Å². The third kappa shape index (κ3) is 4.88. The highest BCUT2D eigenvalue weighted by Crippen LogP contribution is 2.11. The zero-order chi connectivity index (χ0) is 13.8. The molecule has 1 atom stereocenters. The minimum atomic E-state index is -0.445. The van der Waals surface area contributed by atoms with Crippen molar-refractivity contribution in [1.29, 1.82) is 0 Å². The summed E-state index contributed by atoms with van der Waals surface area (Å²) in [6.07, 6.45) is 0.645. The highest BCUT2D eigenvalue weighted by Gasteiger charge is 2.23. The van der Waals surface area contributed by atoms with Crippen LogP contribution in [-0.4, -0.2) is 24.7 Å². The van der Waals surface area contributed by atoms with Crippen LogP contribution in [0.5, 0.6) is 0 Å². The minimum absolute atomic E-state index is 0.203. The van der Waals surface area contributed by atoms with E-state index in [4.69, 9.17) is 4.74 Å². The molecule has 0 spiro atoms. The number of rotatable bonds is 4. The van der Waals surface area contributed by atoms with Gasteiger partial charge in [0.15, 0.2) is 0 Å². The summed E-state index contributed by atoms with van der Waals surface area (Å²) in [6, 6.07) is 7.90. The molecule has 0 aromatic heterocycles. The standard InChI is InChI=1S/C15H23NO2/c1-11-6-8-12(9-7-11)10-13(16-5)14(17)18-15(2,3)4/h6-9,13,16H,10H2,1-5H3/t13-/m0/s1. The van der Waals surface area contributed by atoms with Crippen molar-refractivity contribution in [3.63, 3.8) is 0 Å². The number of carbonyl (C=O) groups is 1. The summed E-state index contributed by atoms with van der Waals surface area (Å²) < 4.78 is 5.39. The molecule has 0 unspecified atom stereocenters. The topological polar surface area (TPSA) is 38.3 Å². The molecule has 0 fully saturated rings. The van der Waals surface area contributed by atoms with Crippen LogP contribution in [0.1, 0.15) is 31.9 Å². The number of aryl methyl sites for hydroxylation is 1. The zero-order valence-corrected chi connectivity index (χ0v) is 11.9. The van der Waals surface area contributed by atoms with Gasteiger partial charge in [0.2, 0.25) is 0 Å². The molecule has 0 aliphatic carbocycles. The molecular formula is C15H23NO2. The second-order valence-electron chi connectivity index (χ2n) is 5.56. The second kappa shape index (κ2) is 6.01. The zero-order valence-electron chi connectivity index (χ0n) is 11.9. The van der Waals surface area contributed by atoms with Crippen LogP contribution in [-0.2, 0) is 16.0 Å². The monoisotopic (exact) mass is 249 g/mol. The Labute approximate surface area is 110 Å². The van der Waals surface area contributed by atoms with Crippen molar-refractivity contribution in [3.8, 4) is 0 Å². The summed E-state index contributed by atoms with van der Waals surface area (Å²) in [7, 11) is 1.78. The van der Waals surface area contributed by atoms with Gasteiger partial charge in [-0.15, -0.1) is 0 Å². The molecule has 18 heavy (non-hydrogen) atoms. The van der Waals surface area contributed by atoms with E-state index in [1.165, 1.54) is 5.56 Å². The second-order valence-corrected chi connectivity index (χ2v) is 5.56. The molecule has 0 amide bonds. The van der Waals surface area contributed by atoms with Crippen molar-refractivity contribution < 1.29 is 9.53 Å². The van der Waals surface area contributed by atoms with Gasteiger partial charge < -0.3 is 10.1 Å². The molecule has 1 rings (SSSR count). The van der Waals surface area contributed by atoms with E-state index in [9.17, 15) is 4.79 Å². The smallest absolute Gasteiger partial charge is 0.323 e. The summed E-state index contributed by atoms with van der Waals surface area (Å²) >= 11 is 0. The van der Waals surface area contributed by atoms with Gasteiger partial charge in [-0.1, -0.05) is 29.8 Å². The maximum Gasteiger partial charge on any atom is 0.323 e. The molecule has 0 saturated carbocycles. The van der Waals surface area contributed by atoms with Crippen molar-refractivity contribution >= 4 is 5.97 Å². The van der Waals surface area contributed by atoms with E-state index in [1.807, 2.05) is 39.8 Å². The van der Waals surface area contributed by atoms with Crippen LogP contribution in [0.3, 0.4) is 0 Å². The van der Waals surface area contributed by atoms with Gasteiger partial charge in [-0.2, -0.15) is 0 Å². The lowest BCUT2D eigenvalue weighted by molar-refractivity contribution is -0.157. The minimum Gasteiger partial charge on any atom is -0.459 e. The molecule has 0 aliphatic heterocycles. The van der Waals surface area contributed by atoms with Gasteiger partial charge in [0.1, 0.15) is 11.6 Å². The Morgan fingerprint density at radius 2 is 1.83 bits per heavy atom. The molecule has 0 saturated heterocycles. The van der Waals surface area contributed by atoms with Gasteiger partial charge in [-0.25, -0.2) is 0 Å². The van der Waals surface area contributed by atoms with Crippen LogP contribution in [0.2, 0.25) is 0 Å². The fraction of sp³-hybridized carbons (Fsp3) is 0.533. The summed E-state index contributed by atoms with van der Waals surface area (Å²) in [5, 5.41) is 3.01. The van der Waals surface area contributed by atoms with Crippen molar-refractivity contribution in [2.75, 3.05) is 7.05 Å². The number of ether oxygens (including phenoxy) is 1. The molecule has 1 aromatic rings. The Morgan fingerprint density at radius 1 is 1.28 bits per heavy atom. The molecule has 3 nitrogen and oxygen atoms in total. The van der Waals surface area contributed by atoms with Gasteiger partial charge in [0, 0.05) is 0 Å². The fourth-order valence-corrected chi connectivity index (χ4v) is 1.64. The number of hydrogen-bond acceptors (Lipinski definition) is 3. The van der Waals surface area contributed by atoms with Crippen LogP contribution < -0.4 is 5.32 Å². The molecule has 0 radical (unpaired) electrons. The number of benzene rings is 1. The predicted octanol–water partition coefficient (Wildman–Crippen LogP) is 2.47. The fourth-order valence-electron chi connectivity index (χ4n) is 1.64. The lowest BCUT2D eigenvalue weighted by Gasteiger charge is -2.23. The van der Waals surface area contributed by atoms with Gasteiger partial charge in [-0.05, 0) is 46.7 Å². The first-order valence-corrected chi connectivity index (χ1v) is 6.27. The molecule has 0 heterocycles. The summed E-state index contributed by atoms with van der Waals surface area (Å²) in [4.78, 5) is 12.0. The average molecular weight is 249 g/mol. The van der Waals surface area contributed by atoms with Crippen molar-refractivity contribution in [3.05, 3.63) is 35.4 Å². The van der Waals surface area contributed by atoms with Crippen LogP contribution in [0, 0.1) is 6.92 Å². The molecule has 100 valence electrons. The number of hydrogen-bond donors (Lipinski definition) is 1. The Morgan fingerprint density at radius 3 is 2.28 bits per heavy atom. The first-order valence-electron chi connectivity index (χ1n) is 6.27. The normalized spacial score (nSPS) is 13.2. The maximum absolute atomic E-state index is 12.0. The van der Waals surface area contributed by atoms with E-state index in [1.54, 1.807) is 7.05 Å². The van der Waals surface area contributed by atoms with Crippen LogP contribution in [0.15, 0.2) is 24.3 Å². The van der Waals surface area contributed by atoms with E-state index in [0.29, 0.717) is 6.42 Å². The number of esters is 1. The molecule has 1 aromatic carbocycles. The van der Waals surface area contributed by atoms with E-state index in [2.05, 4.69) is 17.4 Å². The maximum atomic E-state index is 12.0. The summed E-state index contributed by atoms with van der Waals surface area (Å²) in [5.74, 6) is -0.203. The highest BCUT2D eigenvalue weighted by molar-refractivity contribution is 5.76. The van der Waals surface area contributed by atoms with E-state index >= 15 is 0 Å². The Hall–Kier alpha value is -1.35. The molecular weight excluding hydrogens is 226 g/mol. The predicted molar refractivity (Wildman–Crippen MR) is 73.6 cm³/mol. The van der Waals surface area contributed by atoms with E-state index < -0.39 is 5.60 Å². The summed E-state index contributed by atoms with van der Waals surface area (Å²) in [5.41, 5.74) is 1.90. The van der Waals surface area contributed by atoms with Crippen molar-refractivity contribution in [2.45, 2.75) is 45.8 Å². The molecule has 1 N–H and O–H groups in total. The van der Waals surface area contributed by atoms with Crippen molar-refractivity contribution in [1.82, 2.24) is 5.32 Å². The molecule has 3 heteroatoms. The summed E-state index contributed by atoms with van der Waals surface area (Å²) in [6.45, 7) is 7.68. The molecule has 0 aliphatic rings.